The van der Waals surface area contributed by atoms with Gasteiger partial charge in [0.15, 0.2) is 0 Å². The molecule has 0 aliphatic carbocycles. The Labute approximate surface area is 127 Å². The van der Waals surface area contributed by atoms with Crippen molar-refractivity contribution >= 4 is 32.5 Å². The summed E-state index contributed by atoms with van der Waals surface area (Å²) in [5, 5.41) is 2.13. The van der Waals surface area contributed by atoms with Crippen molar-refractivity contribution < 1.29 is 12.6 Å². The monoisotopic (exact) mass is 319 g/mol. The van der Waals surface area contributed by atoms with Crippen molar-refractivity contribution in [1.82, 2.24) is 4.98 Å². The van der Waals surface area contributed by atoms with Crippen LogP contribution in [0.3, 0.4) is 0 Å². The highest BCUT2D eigenvalue weighted by Gasteiger charge is 2.17. The van der Waals surface area contributed by atoms with Crippen molar-refractivity contribution in [1.29, 1.82) is 0 Å². The molecule has 0 saturated carbocycles. The van der Waals surface area contributed by atoms with Gasteiger partial charge in [-0.05, 0) is 35.0 Å². The molecule has 106 valence electrons. The van der Waals surface area contributed by atoms with E-state index in [4.69, 9.17) is 15.8 Å². The van der Waals surface area contributed by atoms with E-state index in [0.29, 0.717) is 0 Å². The molecule has 0 unspecified atom stereocenters. The molecule has 1 aromatic heterocycles. The normalized spacial score (nSPS) is 11.5. The second-order valence-electron chi connectivity index (χ2n) is 4.36. The van der Waals surface area contributed by atoms with Gasteiger partial charge in [0.05, 0.1) is 6.20 Å². The van der Waals surface area contributed by atoms with Crippen molar-refractivity contribution in [3.05, 3.63) is 65.9 Å². The summed E-state index contributed by atoms with van der Waals surface area (Å²) in [6.07, 6.45) is 1.17. The van der Waals surface area contributed by atoms with Gasteiger partial charge in [-0.3, -0.25) is 0 Å². The van der Waals surface area contributed by atoms with Crippen LogP contribution in [-0.2, 0) is 10.1 Å². The SMILES string of the molecule is O=S(=O)(Oc1ccc2ccccc2c1)c1ccc(Cl)nc1. The number of aromatic nitrogens is 1. The molecule has 0 spiro atoms. The maximum Gasteiger partial charge on any atom is 0.340 e. The molecule has 4 nitrogen and oxygen atoms in total. The Bertz CT molecular complexity index is 892. The van der Waals surface area contributed by atoms with Crippen molar-refractivity contribution in [2.45, 2.75) is 4.90 Å². The number of hydrogen-bond acceptors (Lipinski definition) is 4. The Morgan fingerprint density at radius 2 is 1.71 bits per heavy atom. The van der Waals surface area contributed by atoms with Crippen LogP contribution in [0.25, 0.3) is 10.8 Å². The average molecular weight is 320 g/mol. The van der Waals surface area contributed by atoms with Gasteiger partial charge < -0.3 is 4.18 Å². The van der Waals surface area contributed by atoms with E-state index in [2.05, 4.69) is 4.98 Å². The predicted octanol–water partition coefficient (Wildman–Crippen LogP) is 3.66. The Morgan fingerprint density at radius 1 is 0.952 bits per heavy atom. The average Bonchev–Trinajstić information content (AvgIpc) is 2.47. The lowest BCUT2D eigenvalue weighted by Crippen LogP contribution is -2.09. The third kappa shape index (κ3) is 2.99. The minimum absolute atomic E-state index is 0.0416. The van der Waals surface area contributed by atoms with Crippen LogP contribution in [0.15, 0.2) is 65.7 Å². The zero-order chi connectivity index (χ0) is 14.9. The van der Waals surface area contributed by atoms with E-state index in [-0.39, 0.29) is 15.8 Å². The highest BCUT2D eigenvalue weighted by molar-refractivity contribution is 7.87. The van der Waals surface area contributed by atoms with E-state index in [1.807, 2.05) is 24.3 Å². The molecule has 1 heterocycles. The molecule has 0 bridgehead atoms. The van der Waals surface area contributed by atoms with Crippen molar-refractivity contribution in [2.75, 3.05) is 0 Å². The topological polar surface area (TPSA) is 56.3 Å². The summed E-state index contributed by atoms with van der Waals surface area (Å²) < 4.78 is 29.4. The first-order valence-corrected chi connectivity index (χ1v) is 7.88. The summed E-state index contributed by atoms with van der Waals surface area (Å²) >= 11 is 5.64. The lowest BCUT2D eigenvalue weighted by molar-refractivity contribution is 0.486. The van der Waals surface area contributed by atoms with E-state index in [1.54, 1.807) is 18.2 Å². The molecule has 0 aliphatic heterocycles. The molecule has 0 N–H and O–H groups in total. The Kier molecular flexibility index (Phi) is 3.53. The lowest BCUT2D eigenvalue weighted by atomic mass is 10.1. The van der Waals surface area contributed by atoms with Crippen molar-refractivity contribution in [3.63, 3.8) is 0 Å². The number of rotatable bonds is 3. The molecule has 0 amide bonds. The second-order valence-corrected chi connectivity index (χ2v) is 6.30. The van der Waals surface area contributed by atoms with Crippen LogP contribution in [0.5, 0.6) is 5.75 Å². The first kappa shape index (κ1) is 13.9. The van der Waals surface area contributed by atoms with E-state index in [9.17, 15) is 8.42 Å². The van der Waals surface area contributed by atoms with Crippen LogP contribution >= 0.6 is 11.6 Å². The molecule has 0 radical (unpaired) electrons. The second kappa shape index (κ2) is 5.35. The van der Waals surface area contributed by atoms with Crippen LogP contribution < -0.4 is 4.18 Å². The maximum absolute atomic E-state index is 12.1. The van der Waals surface area contributed by atoms with E-state index >= 15 is 0 Å². The van der Waals surface area contributed by atoms with Gasteiger partial charge in [0, 0.05) is 0 Å². The Hall–Kier alpha value is -2.11. The molecule has 0 atom stereocenters. The summed E-state index contributed by atoms with van der Waals surface area (Å²) in [6, 6.07) is 15.5. The van der Waals surface area contributed by atoms with Crippen LogP contribution in [0, 0.1) is 0 Å². The molecule has 0 fully saturated rings. The molecular formula is C15H10ClNO3S. The van der Waals surface area contributed by atoms with Gasteiger partial charge in [-0.1, -0.05) is 41.9 Å². The summed E-state index contributed by atoms with van der Waals surface area (Å²) in [5.74, 6) is 0.253. The number of fused-ring (bicyclic) bond motifs is 1. The summed E-state index contributed by atoms with van der Waals surface area (Å²) in [7, 11) is -3.92. The molecule has 6 heteroatoms. The highest BCUT2D eigenvalue weighted by Crippen LogP contribution is 2.24. The number of hydrogen-bond donors (Lipinski definition) is 0. The molecule has 3 aromatic rings. The summed E-state index contributed by atoms with van der Waals surface area (Å²) in [4.78, 5) is 3.70. The summed E-state index contributed by atoms with van der Waals surface area (Å²) in [6.45, 7) is 0. The first-order valence-electron chi connectivity index (χ1n) is 6.09. The molecule has 21 heavy (non-hydrogen) atoms. The molecular weight excluding hydrogens is 310 g/mol. The largest absolute Gasteiger partial charge is 0.379 e. The quantitative estimate of drug-likeness (QED) is 0.546. The molecule has 2 aromatic carbocycles. The van der Waals surface area contributed by atoms with Gasteiger partial charge in [-0.2, -0.15) is 8.42 Å². The molecule has 0 aliphatic rings. The number of halogens is 1. The van der Waals surface area contributed by atoms with E-state index < -0.39 is 10.1 Å². The van der Waals surface area contributed by atoms with Crippen LogP contribution in [0.2, 0.25) is 5.15 Å². The van der Waals surface area contributed by atoms with Gasteiger partial charge in [0.2, 0.25) is 0 Å². The number of benzene rings is 2. The zero-order valence-electron chi connectivity index (χ0n) is 10.7. The first-order chi connectivity index (χ1) is 10.0. The predicted molar refractivity (Wildman–Crippen MR) is 81.0 cm³/mol. The summed E-state index contributed by atoms with van der Waals surface area (Å²) in [5.41, 5.74) is 0. The van der Waals surface area contributed by atoms with Crippen LogP contribution in [-0.4, -0.2) is 13.4 Å². The zero-order valence-corrected chi connectivity index (χ0v) is 12.3. The van der Waals surface area contributed by atoms with Gasteiger partial charge in [-0.15, -0.1) is 0 Å². The fraction of sp³-hybridized carbons (Fsp3) is 0. The molecule has 3 rings (SSSR count). The van der Waals surface area contributed by atoms with Gasteiger partial charge >= 0.3 is 10.1 Å². The standard InChI is InChI=1S/C15H10ClNO3S/c16-15-8-7-14(10-17-15)21(18,19)20-13-6-5-11-3-1-2-4-12(11)9-13/h1-10H. The van der Waals surface area contributed by atoms with Crippen LogP contribution in [0.4, 0.5) is 0 Å². The van der Waals surface area contributed by atoms with E-state index in [1.165, 1.54) is 18.3 Å². The van der Waals surface area contributed by atoms with Gasteiger partial charge in [-0.25, -0.2) is 4.98 Å². The fourth-order valence-corrected chi connectivity index (χ4v) is 2.89. The van der Waals surface area contributed by atoms with Gasteiger partial charge in [0.1, 0.15) is 15.8 Å². The maximum atomic E-state index is 12.1. The third-order valence-corrected chi connectivity index (χ3v) is 4.37. The van der Waals surface area contributed by atoms with Crippen molar-refractivity contribution in [3.8, 4) is 5.75 Å². The van der Waals surface area contributed by atoms with E-state index in [0.717, 1.165) is 10.8 Å². The Morgan fingerprint density at radius 3 is 2.43 bits per heavy atom. The fourth-order valence-electron chi connectivity index (χ4n) is 1.90. The number of pyridine rings is 1. The highest BCUT2D eigenvalue weighted by atomic mass is 35.5. The number of nitrogens with zero attached hydrogens (tertiary/aromatic N) is 1. The minimum Gasteiger partial charge on any atom is -0.379 e. The third-order valence-electron chi connectivity index (χ3n) is 2.92. The van der Waals surface area contributed by atoms with Gasteiger partial charge in [0.25, 0.3) is 0 Å². The lowest BCUT2D eigenvalue weighted by Gasteiger charge is -2.07. The van der Waals surface area contributed by atoms with Crippen molar-refractivity contribution in [2.24, 2.45) is 0 Å². The smallest absolute Gasteiger partial charge is 0.340 e. The molecule has 0 saturated heterocycles. The minimum atomic E-state index is -3.92. The Balaban J connectivity index is 1.95. The van der Waals surface area contributed by atoms with Crippen LogP contribution in [0.1, 0.15) is 0 Å².